The van der Waals surface area contributed by atoms with Crippen LogP contribution in [0.3, 0.4) is 0 Å². The molecule has 21 heavy (non-hydrogen) atoms. The van der Waals surface area contributed by atoms with Gasteiger partial charge in [0, 0.05) is 12.4 Å². The van der Waals surface area contributed by atoms with Gasteiger partial charge in [-0.05, 0) is 0 Å². The first-order valence-corrected chi connectivity index (χ1v) is 5.53. The Morgan fingerprint density at radius 3 is 2.33 bits per heavy atom. The van der Waals surface area contributed by atoms with Gasteiger partial charge in [-0.3, -0.25) is 9.98 Å². The Morgan fingerprint density at radius 2 is 1.71 bits per heavy atom. The Balaban J connectivity index is 2.02. The molecule has 1 aromatic rings. The Morgan fingerprint density at radius 1 is 1.10 bits per heavy atom. The van der Waals surface area contributed by atoms with Crippen molar-refractivity contribution in [3.63, 3.8) is 0 Å². The largest absolute Gasteiger partial charge is 0.423 e. The molecule has 0 aliphatic carbocycles. The van der Waals surface area contributed by atoms with Crippen LogP contribution in [-0.4, -0.2) is 40.9 Å². The van der Waals surface area contributed by atoms with Gasteiger partial charge in [-0.25, -0.2) is 4.98 Å². The second kappa shape index (κ2) is 5.47. The number of hydrogen-bond acceptors (Lipinski definition) is 5. The zero-order valence-electron chi connectivity index (χ0n) is 10.2. The number of fused-ring (bicyclic) bond motifs is 1. The SMILES string of the molecule is FC(F)(F)C(OCC1=NCc2nccnc2N1)C(F)(F)F. The van der Waals surface area contributed by atoms with Gasteiger partial charge < -0.3 is 10.1 Å². The lowest BCUT2D eigenvalue weighted by Crippen LogP contribution is -2.45. The summed E-state index contributed by atoms with van der Waals surface area (Å²) in [5.41, 5.74) is 0.435. The maximum atomic E-state index is 12.3. The summed E-state index contributed by atoms with van der Waals surface area (Å²) in [5.74, 6) is 0.0446. The molecule has 5 nitrogen and oxygen atoms in total. The van der Waals surface area contributed by atoms with Crippen molar-refractivity contribution in [2.24, 2.45) is 4.99 Å². The molecule has 0 amide bonds. The molecule has 1 aliphatic rings. The number of aromatic nitrogens is 2. The number of amidine groups is 1. The fraction of sp³-hybridized carbons (Fsp3) is 0.500. The molecule has 0 radical (unpaired) electrons. The van der Waals surface area contributed by atoms with Gasteiger partial charge >= 0.3 is 12.4 Å². The number of nitrogens with zero attached hydrogens (tertiary/aromatic N) is 3. The summed E-state index contributed by atoms with van der Waals surface area (Å²) in [4.78, 5) is 11.5. The van der Waals surface area contributed by atoms with Crippen LogP contribution in [0.5, 0.6) is 0 Å². The molecule has 0 spiro atoms. The molecule has 0 saturated heterocycles. The van der Waals surface area contributed by atoms with Crippen molar-refractivity contribution in [1.29, 1.82) is 0 Å². The Bertz CT molecular complexity index is 527. The van der Waals surface area contributed by atoms with Crippen LogP contribution in [0.4, 0.5) is 32.2 Å². The molecular formula is C10H8F6N4O. The minimum atomic E-state index is -5.55. The molecule has 1 aromatic heterocycles. The monoisotopic (exact) mass is 314 g/mol. The van der Waals surface area contributed by atoms with Gasteiger partial charge in [-0.2, -0.15) is 26.3 Å². The Hall–Kier alpha value is -1.91. The van der Waals surface area contributed by atoms with Crippen molar-refractivity contribution in [1.82, 2.24) is 9.97 Å². The van der Waals surface area contributed by atoms with Gasteiger partial charge in [0.05, 0.1) is 6.54 Å². The van der Waals surface area contributed by atoms with Crippen molar-refractivity contribution in [2.75, 3.05) is 11.9 Å². The summed E-state index contributed by atoms with van der Waals surface area (Å²) in [6.07, 6.45) is -12.3. The first-order valence-electron chi connectivity index (χ1n) is 5.53. The van der Waals surface area contributed by atoms with E-state index in [0.717, 1.165) is 0 Å². The Labute approximate surface area is 114 Å². The third kappa shape index (κ3) is 3.80. The van der Waals surface area contributed by atoms with Crippen LogP contribution >= 0.6 is 0 Å². The van der Waals surface area contributed by atoms with E-state index in [4.69, 9.17) is 0 Å². The molecule has 0 atom stereocenters. The lowest BCUT2D eigenvalue weighted by Gasteiger charge is -2.24. The first-order chi connectivity index (χ1) is 9.68. The standard InChI is InChI=1S/C10H8F6N4O/c11-9(12,13)8(10(14,15)16)21-4-6-19-3-5-7(20-6)18-2-1-17-5/h1-2,8H,3-4H2,(H,18,19,20). The molecule has 0 saturated carbocycles. The summed E-state index contributed by atoms with van der Waals surface area (Å²) in [5, 5.41) is 2.47. The molecule has 0 aromatic carbocycles. The van der Waals surface area contributed by atoms with Crippen molar-refractivity contribution in [3.05, 3.63) is 18.1 Å². The predicted octanol–water partition coefficient (Wildman–Crippen LogP) is 2.31. The second-order valence-corrected chi connectivity index (χ2v) is 4.01. The maximum Gasteiger partial charge on any atom is 0.423 e. The number of hydrogen-bond donors (Lipinski definition) is 1. The number of rotatable bonds is 3. The van der Waals surface area contributed by atoms with E-state index in [1.807, 2.05) is 0 Å². The molecule has 1 N–H and O–H groups in total. The van der Waals surface area contributed by atoms with Gasteiger partial charge in [-0.1, -0.05) is 0 Å². The highest BCUT2D eigenvalue weighted by molar-refractivity contribution is 5.97. The molecule has 2 rings (SSSR count). The van der Waals surface area contributed by atoms with Crippen molar-refractivity contribution < 1.29 is 31.1 Å². The van der Waals surface area contributed by atoms with Crippen LogP contribution in [0.25, 0.3) is 0 Å². The zero-order chi connectivity index (χ0) is 15.7. The van der Waals surface area contributed by atoms with Gasteiger partial charge in [0.2, 0.25) is 6.10 Å². The van der Waals surface area contributed by atoms with Gasteiger partial charge in [0.25, 0.3) is 0 Å². The van der Waals surface area contributed by atoms with E-state index in [9.17, 15) is 26.3 Å². The third-order valence-electron chi connectivity index (χ3n) is 2.44. The molecule has 11 heteroatoms. The fourth-order valence-corrected chi connectivity index (χ4v) is 1.55. The minimum absolute atomic E-state index is 0.00241. The zero-order valence-corrected chi connectivity index (χ0v) is 10.2. The van der Waals surface area contributed by atoms with Gasteiger partial charge in [-0.15, -0.1) is 0 Å². The summed E-state index contributed by atoms with van der Waals surface area (Å²) in [6.45, 7) is -0.975. The second-order valence-electron chi connectivity index (χ2n) is 4.01. The molecule has 0 bridgehead atoms. The van der Waals surface area contributed by atoms with Crippen LogP contribution in [0, 0.1) is 0 Å². The third-order valence-corrected chi connectivity index (χ3v) is 2.44. The van der Waals surface area contributed by atoms with Gasteiger partial charge in [0.15, 0.2) is 5.82 Å². The van der Waals surface area contributed by atoms with Crippen LogP contribution < -0.4 is 5.32 Å². The quantitative estimate of drug-likeness (QED) is 0.870. The van der Waals surface area contributed by atoms with E-state index in [1.54, 1.807) is 0 Å². The number of halogens is 6. The van der Waals surface area contributed by atoms with E-state index >= 15 is 0 Å². The van der Waals surface area contributed by atoms with Crippen molar-refractivity contribution in [3.8, 4) is 0 Å². The smallest absolute Gasteiger partial charge is 0.353 e. The summed E-state index contributed by atoms with van der Waals surface area (Å²) >= 11 is 0. The van der Waals surface area contributed by atoms with Gasteiger partial charge in [0.1, 0.15) is 18.1 Å². The van der Waals surface area contributed by atoms with E-state index in [2.05, 4.69) is 25.0 Å². The molecule has 2 heterocycles. The van der Waals surface area contributed by atoms with Crippen LogP contribution in [0.1, 0.15) is 5.69 Å². The van der Waals surface area contributed by atoms with Crippen LogP contribution in [-0.2, 0) is 11.3 Å². The average molecular weight is 314 g/mol. The number of anilines is 1. The molecule has 1 aliphatic heterocycles. The minimum Gasteiger partial charge on any atom is -0.353 e. The normalized spacial score (nSPS) is 15.5. The first kappa shape index (κ1) is 15.5. The summed E-state index contributed by atoms with van der Waals surface area (Å²) < 4.78 is 77.6. The molecule has 116 valence electrons. The topological polar surface area (TPSA) is 59.4 Å². The highest BCUT2D eigenvalue weighted by Crippen LogP contribution is 2.35. The lowest BCUT2D eigenvalue weighted by molar-refractivity contribution is -0.318. The van der Waals surface area contributed by atoms with Crippen LogP contribution in [0.2, 0.25) is 0 Å². The predicted molar refractivity (Wildman–Crippen MR) is 58.6 cm³/mol. The highest BCUT2D eigenvalue weighted by atomic mass is 19.4. The lowest BCUT2D eigenvalue weighted by atomic mass is 10.3. The van der Waals surface area contributed by atoms with E-state index in [-0.39, 0.29) is 18.2 Å². The van der Waals surface area contributed by atoms with Crippen molar-refractivity contribution in [2.45, 2.75) is 25.0 Å². The van der Waals surface area contributed by atoms with E-state index in [1.165, 1.54) is 12.4 Å². The average Bonchev–Trinajstić information content (AvgIpc) is 2.35. The summed E-state index contributed by atoms with van der Waals surface area (Å²) in [7, 11) is 0. The molecule has 0 fully saturated rings. The Kier molecular flexibility index (Phi) is 4.03. The van der Waals surface area contributed by atoms with E-state index in [0.29, 0.717) is 5.69 Å². The number of nitrogens with one attached hydrogen (secondary N) is 1. The molecular weight excluding hydrogens is 306 g/mol. The maximum absolute atomic E-state index is 12.3. The van der Waals surface area contributed by atoms with E-state index < -0.39 is 25.1 Å². The van der Waals surface area contributed by atoms with Crippen molar-refractivity contribution >= 4 is 11.7 Å². The number of aliphatic imine (C=N–C) groups is 1. The number of ether oxygens (including phenoxy) is 1. The highest BCUT2D eigenvalue weighted by Gasteiger charge is 2.58. The summed E-state index contributed by atoms with van der Waals surface area (Å²) in [6, 6.07) is 0. The van der Waals surface area contributed by atoms with Crippen LogP contribution in [0.15, 0.2) is 17.4 Å². The molecule has 0 unspecified atom stereocenters. The fourth-order valence-electron chi connectivity index (χ4n) is 1.55. The number of alkyl halides is 6.